The van der Waals surface area contributed by atoms with E-state index in [1.807, 2.05) is 30.3 Å². The van der Waals surface area contributed by atoms with E-state index in [-0.39, 0.29) is 18.9 Å². The zero-order valence-electron chi connectivity index (χ0n) is 12.7. The highest BCUT2D eigenvalue weighted by molar-refractivity contribution is 5.81. The molecule has 0 fully saturated rings. The van der Waals surface area contributed by atoms with Crippen LogP contribution in [0.4, 0.5) is 4.79 Å². The molecule has 2 rings (SSSR count). The number of carbonyl (C=O) groups excluding carboxylic acids is 2. The van der Waals surface area contributed by atoms with Gasteiger partial charge in [0.25, 0.3) is 0 Å². The summed E-state index contributed by atoms with van der Waals surface area (Å²) in [4.78, 5) is 23.2. The summed E-state index contributed by atoms with van der Waals surface area (Å²) in [5, 5.41) is 0. The average Bonchev–Trinajstić information content (AvgIpc) is 2.60. The van der Waals surface area contributed by atoms with Crippen molar-refractivity contribution < 1.29 is 19.1 Å². The quantitative estimate of drug-likeness (QED) is 0.830. The maximum absolute atomic E-state index is 11.7. The van der Waals surface area contributed by atoms with E-state index < -0.39 is 6.09 Å². The number of methoxy groups -OCH3 is 1. The molecule has 0 bridgehead atoms. The van der Waals surface area contributed by atoms with Gasteiger partial charge in [-0.05, 0) is 23.3 Å². The molecular weight excluding hydrogens is 296 g/mol. The Morgan fingerprint density at radius 2 is 1.61 bits per heavy atom. The lowest BCUT2D eigenvalue weighted by Crippen LogP contribution is -2.42. The van der Waals surface area contributed by atoms with Crippen LogP contribution in [0.5, 0.6) is 5.75 Å². The highest BCUT2D eigenvalue weighted by Crippen LogP contribution is 2.11. The van der Waals surface area contributed by atoms with Gasteiger partial charge in [-0.15, -0.1) is 0 Å². The molecule has 0 saturated heterocycles. The number of ether oxygens (including phenoxy) is 2. The summed E-state index contributed by atoms with van der Waals surface area (Å²) in [5.74, 6) is 0.378. The number of rotatable bonds is 5. The fourth-order valence-electron chi connectivity index (χ4n) is 1.85. The highest BCUT2D eigenvalue weighted by atomic mass is 16.6. The molecule has 0 aliphatic rings. The number of hydrogen-bond donors (Lipinski definition) is 2. The van der Waals surface area contributed by atoms with Crippen molar-refractivity contribution >= 4 is 12.0 Å². The molecule has 2 aromatic carbocycles. The van der Waals surface area contributed by atoms with Crippen LogP contribution in [0.2, 0.25) is 0 Å². The van der Waals surface area contributed by atoms with Gasteiger partial charge in [0.05, 0.1) is 13.5 Å². The molecule has 6 heteroatoms. The minimum absolute atomic E-state index is 0.140. The van der Waals surface area contributed by atoms with Crippen molar-refractivity contribution in [2.75, 3.05) is 7.11 Å². The van der Waals surface area contributed by atoms with Gasteiger partial charge in [-0.3, -0.25) is 10.2 Å². The molecule has 0 radical (unpaired) electrons. The lowest BCUT2D eigenvalue weighted by molar-refractivity contribution is -0.121. The van der Waals surface area contributed by atoms with E-state index in [4.69, 9.17) is 9.47 Å². The number of nitrogens with one attached hydrogen (secondary N) is 2. The van der Waals surface area contributed by atoms with Crippen LogP contribution in [0, 0.1) is 0 Å². The molecule has 2 N–H and O–H groups in total. The number of carbonyl (C=O) groups is 2. The van der Waals surface area contributed by atoms with E-state index in [0.29, 0.717) is 0 Å². The van der Waals surface area contributed by atoms with Crippen LogP contribution in [0.1, 0.15) is 11.1 Å². The largest absolute Gasteiger partial charge is 0.497 e. The first kappa shape index (κ1) is 16.4. The Balaban J connectivity index is 1.69. The van der Waals surface area contributed by atoms with E-state index in [0.717, 1.165) is 16.9 Å². The van der Waals surface area contributed by atoms with Crippen LogP contribution in [-0.4, -0.2) is 19.1 Å². The highest BCUT2D eigenvalue weighted by Gasteiger charge is 2.07. The van der Waals surface area contributed by atoms with Crippen molar-refractivity contribution in [2.24, 2.45) is 0 Å². The zero-order valence-corrected chi connectivity index (χ0v) is 12.7. The van der Waals surface area contributed by atoms with E-state index in [9.17, 15) is 9.59 Å². The summed E-state index contributed by atoms with van der Waals surface area (Å²) in [7, 11) is 1.58. The molecule has 0 spiro atoms. The van der Waals surface area contributed by atoms with E-state index in [1.165, 1.54) is 0 Å². The topological polar surface area (TPSA) is 76.7 Å². The fraction of sp³-hybridized carbons (Fsp3) is 0.176. The summed E-state index contributed by atoms with van der Waals surface area (Å²) in [6, 6.07) is 16.4. The van der Waals surface area contributed by atoms with Gasteiger partial charge in [-0.2, -0.15) is 0 Å². The van der Waals surface area contributed by atoms with Gasteiger partial charge in [0.1, 0.15) is 12.4 Å². The van der Waals surface area contributed by atoms with Gasteiger partial charge in [-0.1, -0.05) is 42.5 Å². The Hall–Kier alpha value is -3.02. The van der Waals surface area contributed by atoms with E-state index in [1.54, 1.807) is 31.4 Å². The minimum atomic E-state index is -0.711. The monoisotopic (exact) mass is 314 g/mol. The molecule has 0 aromatic heterocycles. The third-order valence-electron chi connectivity index (χ3n) is 3.04. The second-order valence-electron chi connectivity index (χ2n) is 4.76. The first-order chi connectivity index (χ1) is 11.2. The summed E-state index contributed by atoms with van der Waals surface area (Å²) in [6.07, 6.45) is -0.569. The van der Waals surface area contributed by atoms with Crippen LogP contribution >= 0.6 is 0 Å². The number of amides is 2. The maximum Gasteiger partial charge on any atom is 0.426 e. The summed E-state index contributed by atoms with van der Waals surface area (Å²) >= 11 is 0. The molecule has 0 unspecified atom stereocenters. The Kier molecular flexibility index (Phi) is 5.99. The first-order valence-corrected chi connectivity index (χ1v) is 7.06. The third kappa shape index (κ3) is 5.70. The predicted molar refractivity (Wildman–Crippen MR) is 84.6 cm³/mol. The molecule has 0 aliphatic heterocycles. The van der Waals surface area contributed by atoms with Gasteiger partial charge in [0.2, 0.25) is 5.91 Å². The smallest absolute Gasteiger partial charge is 0.426 e. The number of hydrogen-bond acceptors (Lipinski definition) is 4. The molecule has 6 nitrogen and oxygen atoms in total. The molecule has 0 atom stereocenters. The van der Waals surface area contributed by atoms with Crippen LogP contribution < -0.4 is 15.6 Å². The first-order valence-electron chi connectivity index (χ1n) is 7.06. The lowest BCUT2D eigenvalue weighted by atomic mass is 10.1. The van der Waals surface area contributed by atoms with Gasteiger partial charge >= 0.3 is 6.09 Å². The maximum atomic E-state index is 11.7. The molecule has 120 valence electrons. The average molecular weight is 314 g/mol. The minimum Gasteiger partial charge on any atom is -0.497 e. The van der Waals surface area contributed by atoms with Crippen molar-refractivity contribution in [1.82, 2.24) is 10.9 Å². The van der Waals surface area contributed by atoms with Crippen molar-refractivity contribution in [3.63, 3.8) is 0 Å². The normalized spacial score (nSPS) is 9.78. The van der Waals surface area contributed by atoms with Crippen molar-refractivity contribution in [3.8, 4) is 5.75 Å². The van der Waals surface area contributed by atoms with Crippen LogP contribution in [-0.2, 0) is 22.6 Å². The summed E-state index contributed by atoms with van der Waals surface area (Å²) in [6.45, 7) is 0.140. The molecular formula is C17H18N2O4. The number of hydrazine groups is 1. The molecule has 0 heterocycles. The Labute approximate surface area is 134 Å². The SMILES string of the molecule is COc1ccc(CC(=O)NNC(=O)OCc2ccccc2)cc1. The molecule has 2 amide bonds. The van der Waals surface area contributed by atoms with Crippen molar-refractivity contribution in [1.29, 1.82) is 0 Å². The molecule has 2 aromatic rings. The molecule has 23 heavy (non-hydrogen) atoms. The number of benzene rings is 2. The second kappa shape index (κ2) is 8.43. The van der Waals surface area contributed by atoms with Gasteiger partial charge < -0.3 is 9.47 Å². The zero-order chi connectivity index (χ0) is 16.5. The standard InChI is InChI=1S/C17H18N2O4/c1-22-15-9-7-13(8-10-15)11-16(20)18-19-17(21)23-12-14-5-3-2-4-6-14/h2-10H,11-12H2,1H3,(H,18,20)(H,19,21). The third-order valence-corrected chi connectivity index (χ3v) is 3.04. The van der Waals surface area contributed by atoms with E-state index in [2.05, 4.69) is 10.9 Å². The Morgan fingerprint density at radius 1 is 0.913 bits per heavy atom. The fourth-order valence-corrected chi connectivity index (χ4v) is 1.85. The van der Waals surface area contributed by atoms with Crippen molar-refractivity contribution in [2.45, 2.75) is 13.0 Å². The lowest BCUT2D eigenvalue weighted by Gasteiger charge is -2.08. The summed E-state index contributed by atoms with van der Waals surface area (Å²) in [5.41, 5.74) is 6.19. The van der Waals surface area contributed by atoms with Crippen molar-refractivity contribution in [3.05, 3.63) is 65.7 Å². The van der Waals surface area contributed by atoms with Gasteiger partial charge in [-0.25, -0.2) is 10.2 Å². The second-order valence-corrected chi connectivity index (χ2v) is 4.76. The van der Waals surface area contributed by atoms with Crippen LogP contribution in [0.25, 0.3) is 0 Å². The summed E-state index contributed by atoms with van der Waals surface area (Å²) < 4.78 is 10.0. The predicted octanol–water partition coefficient (Wildman–Crippen LogP) is 2.20. The van der Waals surface area contributed by atoms with Crippen LogP contribution in [0.3, 0.4) is 0 Å². The van der Waals surface area contributed by atoms with Gasteiger partial charge in [0, 0.05) is 0 Å². The van der Waals surface area contributed by atoms with Crippen LogP contribution in [0.15, 0.2) is 54.6 Å². The Morgan fingerprint density at radius 3 is 2.26 bits per heavy atom. The van der Waals surface area contributed by atoms with Gasteiger partial charge in [0.15, 0.2) is 0 Å². The molecule has 0 aliphatic carbocycles. The molecule has 0 saturated carbocycles. The van der Waals surface area contributed by atoms with E-state index >= 15 is 0 Å². The Bertz CT molecular complexity index is 641.